The summed E-state index contributed by atoms with van der Waals surface area (Å²) >= 11 is 0. The van der Waals surface area contributed by atoms with Crippen molar-refractivity contribution in [2.45, 2.75) is 13.8 Å². The average Bonchev–Trinajstić information content (AvgIpc) is 2.78. The van der Waals surface area contributed by atoms with Gasteiger partial charge in [-0.3, -0.25) is 14.5 Å². The summed E-state index contributed by atoms with van der Waals surface area (Å²) in [6.45, 7) is 7.62. The molecule has 6 heteroatoms. The predicted molar refractivity (Wildman–Crippen MR) is 122 cm³/mol. The molecule has 2 aromatic carbocycles. The van der Waals surface area contributed by atoms with E-state index in [1.165, 1.54) is 0 Å². The quantitative estimate of drug-likeness (QED) is 0.546. The minimum Gasteiger partial charge on any atom is -0.391 e. The molecule has 1 saturated heterocycles. The van der Waals surface area contributed by atoms with E-state index in [4.69, 9.17) is 0 Å². The first kappa shape index (κ1) is 21.6. The standard InChI is InChI=1S/C24H30N4O2/c1-18(25-3)23(24(30)26-21-7-5-4-6-8-21)17-27-13-15-28(16-14-27)22-11-9-20(10-12-22)19(2)29/h4-12,25H,13-17H2,1-3H3,(H,26,30)/b23-18-. The summed E-state index contributed by atoms with van der Waals surface area (Å²) in [7, 11) is 1.84. The first-order chi connectivity index (χ1) is 14.5. The highest BCUT2D eigenvalue weighted by Crippen LogP contribution is 2.19. The predicted octanol–water partition coefficient (Wildman–Crippen LogP) is 3.14. The van der Waals surface area contributed by atoms with Crippen LogP contribution in [-0.4, -0.2) is 56.4 Å². The van der Waals surface area contributed by atoms with Crippen LogP contribution in [0.15, 0.2) is 65.9 Å². The van der Waals surface area contributed by atoms with Crippen molar-refractivity contribution in [3.05, 3.63) is 71.4 Å². The number of benzene rings is 2. The van der Waals surface area contributed by atoms with Gasteiger partial charge in [0.1, 0.15) is 0 Å². The number of hydrogen-bond acceptors (Lipinski definition) is 5. The van der Waals surface area contributed by atoms with Crippen LogP contribution in [0.2, 0.25) is 0 Å². The molecule has 30 heavy (non-hydrogen) atoms. The molecule has 1 fully saturated rings. The van der Waals surface area contributed by atoms with Crippen molar-refractivity contribution in [3.8, 4) is 0 Å². The van der Waals surface area contributed by atoms with Gasteiger partial charge in [-0.15, -0.1) is 0 Å². The molecule has 2 N–H and O–H groups in total. The number of para-hydroxylation sites is 1. The van der Waals surface area contributed by atoms with Gasteiger partial charge in [0, 0.05) is 68.0 Å². The lowest BCUT2D eigenvalue weighted by Gasteiger charge is -2.36. The Morgan fingerprint density at radius 2 is 1.53 bits per heavy atom. The van der Waals surface area contributed by atoms with Gasteiger partial charge in [0.25, 0.3) is 5.91 Å². The smallest absolute Gasteiger partial charge is 0.254 e. The van der Waals surface area contributed by atoms with Crippen molar-refractivity contribution < 1.29 is 9.59 Å². The van der Waals surface area contributed by atoms with Crippen molar-refractivity contribution in [1.82, 2.24) is 10.2 Å². The van der Waals surface area contributed by atoms with E-state index in [9.17, 15) is 9.59 Å². The summed E-state index contributed by atoms with van der Waals surface area (Å²) in [6, 6.07) is 17.3. The van der Waals surface area contributed by atoms with Gasteiger partial charge >= 0.3 is 0 Å². The van der Waals surface area contributed by atoms with Gasteiger partial charge in [0.05, 0.1) is 0 Å². The molecule has 3 rings (SSSR count). The van der Waals surface area contributed by atoms with Crippen LogP contribution in [0.5, 0.6) is 0 Å². The van der Waals surface area contributed by atoms with Crippen molar-refractivity contribution in [2.75, 3.05) is 50.0 Å². The van der Waals surface area contributed by atoms with Crippen LogP contribution in [0.25, 0.3) is 0 Å². The maximum Gasteiger partial charge on any atom is 0.254 e. The molecule has 1 aliphatic heterocycles. The number of carbonyl (C=O) groups excluding carboxylic acids is 2. The van der Waals surface area contributed by atoms with Crippen molar-refractivity contribution in [1.29, 1.82) is 0 Å². The molecular formula is C24H30N4O2. The zero-order valence-corrected chi connectivity index (χ0v) is 17.9. The van der Waals surface area contributed by atoms with Gasteiger partial charge in [-0.05, 0) is 50.2 Å². The topological polar surface area (TPSA) is 64.7 Å². The maximum absolute atomic E-state index is 12.9. The lowest BCUT2D eigenvalue weighted by Crippen LogP contribution is -2.47. The zero-order chi connectivity index (χ0) is 21.5. The molecule has 158 valence electrons. The van der Waals surface area contributed by atoms with E-state index >= 15 is 0 Å². The number of hydrogen-bond donors (Lipinski definition) is 2. The Balaban J connectivity index is 1.60. The first-order valence-electron chi connectivity index (χ1n) is 10.3. The molecule has 1 amide bonds. The van der Waals surface area contributed by atoms with E-state index in [1.807, 2.05) is 68.6 Å². The molecule has 6 nitrogen and oxygen atoms in total. The molecule has 1 aliphatic rings. The molecule has 0 spiro atoms. The van der Waals surface area contributed by atoms with Gasteiger partial charge in [0.2, 0.25) is 0 Å². The maximum atomic E-state index is 12.9. The second-order valence-electron chi connectivity index (χ2n) is 7.54. The third kappa shape index (κ3) is 5.48. The largest absolute Gasteiger partial charge is 0.391 e. The summed E-state index contributed by atoms with van der Waals surface area (Å²) in [4.78, 5) is 29.0. The molecule has 0 saturated carbocycles. The van der Waals surface area contributed by atoms with Crippen LogP contribution in [0.1, 0.15) is 24.2 Å². The van der Waals surface area contributed by atoms with Crippen molar-refractivity contribution >= 4 is 23.1 Å². The monoisotopic (exact) mass is 406 g/mol. The Kier molecular flexibility index (Phi) is 7.25. The van der Waals surface area contributed by atoms with Gasteiger partial charge in [-0.25, -0.2) is 0 Å². The molecule has 0 atom stereocenters. The number of nitrogens with zero attached hydrogens (tertiary/aromatic N) is 2. The fourth-order valence-electron chi connectivity index (χ4n) is 3.53. The van der Waals surface area contributed by atoms with E-state index < -0.39 is 0 Å². The van der Waals surface area contributed by atoms with Crippen LogP contribution in [0.4, 0.5) is 11.4 Å². The number of piperazine rings is 1. The summed E-state index contributed by atoms with van der Waals surface area (Å²) < 4.78 is 0. The highest BCUT2D eigenvalue weighted by Gasteiger charge is 2.22. The number of anilines is 2. The molecule has 2 aromatic rings. The van der Waals surface area contributed by atoms with Gasteiger partial charge in [-0.1, -0.05) is 18.2 Å². The van der Waals surface area contributed by atoms with E-state index in [-0.39, 0.29) is 11.7 Å². The van der Waals surface area contributed by atoms with Gasteiger partial charge < -0.3 is 15.5 Å². The fourth-order valence-corrected chi connectivity index (χ4v) is 3.53. The lowest BCUT2D eigenvalue weighted by molar-refractivity contribution is -0.113. The second-order valence-corrected chi connectivity index (χ2v) is 7.54. The Hall–Kier alpha value is -3.12. The number of allylic oxidation sites excluding steroid dienone is 1. The summed E-state index contributed by atoms with van der Waals surface area (Å²) in [6.07, 6.45) is 0. The summed E-state index contributed by atoms with van der Waals surface area (Å²) in [5.74, 6) is 0.00895. The highest BCUT2D eigenvalue weighted by atomic mass is 16.1. The SMILES string of the molecule is CN/C(C)=C(/CN1CCN(c2ccc(C(C)=O)cc2)CC1)C(=O)Nc1ccccc1. The van der Waals surface area contributed by atoms with E-state index in [0.29, 0.717) is 6.54 Å². The van der Waals surface area contributed by atoms with E-state index in [0.717, 1.165) is 54.4 Å². The molecular weight excluding hydrogens is 376 g/mol. The minimum absolute atomic E-state index is 0.0738. The van der Waals surface area contributed by atoms with Crippen LogP contribution in [0, 0.1) is 0 Å². The zero-order valence-electron chi connectivity index (χ0n) is 17.9. The molecule has 0 bridgehead atoms. The fraction of sp³-hybridized carbons (Fsp3) is 0.333. The first-order valence-corrected chi connectivity index (χ1v) is 10.3. The molecule has 1 heterocycles. The third-order valence-electron chi connectivity index (χ3n) is 5.53. The number of Topliss-reactive ketones (excluding diaryl/α,β-unsaturated/α-hetero) is 1. The van der Waals surface area contributed by atoms with Crippen molar-refractivity contribution in [2.24, 2.45) is 0 Å². The normalized spacial score (nSPS) is 15.4. The number of nitrogens with one attached hydrogen (secondary N) is 2. The van der Waals surface area contributed by atoms with Crippen LogP contribution < -0.4 is 15.5 Å². The second kappa shape index (κ2) is 10.1. The summed E-state index contributed by atoms with van der Waals surface area (Å²) in [5, 5.41) is 6.12. The molecule has 0 aliphatic carbocycles. The summed E-state index contributed by atoms with van der Waals surface area (Å²) in [5.41, 5.74) is 4.29. The molecule has 0 aromatic heterocycles. The molecule has 0 radical (unpaired) electrons. The Morgan fingerprint density at radius 3 is 2.10 bits per heavy atom. The lowest BCUT2D eigenvalue weighted by atomic mass is 10.1. The number of rotatable bonds is 7. The van der Waals surface area contributed by atoms with Crippen LogP contribution in [-0.2, 0) is 4.79 Å². The Labute approximate surface area is 178 Å². The van der Waals surface area contributed by atoms with E-state index in [2.05, 4.69) is 20.4 Å². The third-order valence-corrected chi connectivity index (χ3v) is 5.53. The average molecular weight is 407 g/mol. The number of amides is 1. The highest BCUT2D eigenvalue weighted by molar-refractivity contribution is 6.04. The Morgan fingerprint density at radius 1 is 0.900 bits per heavy atom. The van der Waals surface area contributed by atoms with Gasteiger partial charge in [-0.2, -0.15) is 0 Å². The Bertz CT molecular complexity index is 899. The number of ketones is 1. The number of carbonyl (C=O) groups is 2. The van der Waals surface area contributed by atoms with Crippen LogP contribution in [0.3, 0.4) is 0 Å². The van der Waals surface area contributed by atoms with Gasteiger partial charge in [0.15, 0.2) is 5.78 Å². The molecule has 0 unspecified atom stereocenters. The van der Waals surface area contributed by atoms with Crippen molar-refractivity contribution in [3.63, 3.8) is 0 Å². The van der Waals surface area contributed by atoms with Crippen LogP contribution >= 0.6 is 0 Å². The minimum atomic E-state index is -0.0738. The van der Waals surface area contributed by atoms with E-state index in [1.54, 1.807) is 6.92 Å².